The second-order valence-electron chi connectivity index (χ2n) is 6.65. The van der Waals surface area contributed by atoms with Gasteiger partial charge in [0.25, 0.3) is 0 Å². The number of nitrogens with zero attached hydrogens (tertiary/aromatic N) is 1. The van der Waals surface area contributed by atoms with Gasteiger partial charge in [-0.05, 0) is 0 Å². The van der Waals surface area contributed by atoms with Crippen LogP contribution in [0.2, 0.25) is 0 Å². The van der Waals surface area contributed by atoms with Gasteiger partial charge in [0.15, 0.2) is 0 Å². The van der Waals surface area contributed by atoms with E-state index in [0.717, 1.165) is 0 Å². The summed E-state index contributed by atoms with van der Waals surface area (Å²) in [5.41, 5.74) is 0. The molecule has 3 saturated heterocycles. The predicted molar refractivity (Wildman–Crippen MR) is 94.1 cm³/mol. The average molecular weight is 514 g/mol. The fourth-order valence-electron chi connectivity index (χ4n) is 3.29. The molecule has 0 spiro atoms. The van der Waals surface area contributed by atoms with E-state index in [4.69, 9.17) is 19.4 Å². The first-order valence-corrected chi connectivity index (χ1v) is 13.0. The summed E-state index contributed by atoms with van der Waals surface area (Å²) in [6.45, 7) is -0.687. The molecule has 21 heteroatoms. The summed E-state index contributed by atoms with van der Waals surface area (Å²) in [6, 6.07) is -0.657. The van der Waals surface area contributed by atoms with Crippen molar-refractivity contribution in [1.29, 1.82) is 0 Å². The Balaban J connectivity index is 1.59. The smallest absolute Gasteiger partial charge is 0.387 e. The van der Waals surface area contributed by atoms with Gasteiger partial charge in [0.2, 0.25) is 5.91 Å². The maximum absolute atomic E-state index is 11.9. The normalized spacial score (nSPS) is 38.3. The first-order valence-electron chi connectivity index (χ1n) is 8.49. The highest BCUT2D eigenvalue weighted by molar-refractivity contribution is 7.66. The van der Waals surface area contributed by atoms with Gasteiger partial charge in [0.1, 0.15) is 30.6 Å². The quantitative estimate of drug-likeness (QED) is 0.140. The molecule has 18 nitrogen and oxygen atoms in total. The Morgan fingerprint density at radius 3 is 2.35 bits per heavy atom. The highest BCUT2D eigenvalue weighted by Crippen LogP contribution is 2.66. The number of fused-ring (bicyclic) bond motifs is 1. The molecular weight excluding hydrogens is 493 g/mol. The average Bonchev–Trinajstić information content (AvgIpc) is 3.13. The van der Waals surface area contributed by atoms with E-state index in [-0.39, 0.29) is 19.2 Å². The standard InChI is InChI=1S/C10H21N4O14P3/c15-6-4(1-25-30(21,22)28-31(23,24)27-29(18,19)20)26-10(7(6)16)14-3-13-5-8(14)11-2-12-9(5)17/h4-8,10-11,13,15-16H,1-3H2,(H,12,17)(H,21,22)(H,23,24)(H2,18,19,20)/t4-,5?,6-,7-,8?,10-/m1/s1. The number of aliphatic hydroxyl groups is 2. The Morgan fingerprint density at radius 1 is 1.03 bits per heavy atom. The minimum Gasteiger partial charge on any atom is -0.387 e. The first kappa shape index (κ1) is 25.3. The van der Waals surface area contributed by atoms with Gasteiger partial charge in [-0.3, -0.25) is 20.0 Å². The van der Waals surface area contributed by atoms with Gasteiger partial charge in [-0.1, -0.05) is 0 Å². The van der Waals surface area contributed by atoms with E-state index in [1.807, 2.05) is 0 Å². The second kappa shape index (κ2) is 9.12. The fraction of sp³-hybridized carbons (Fsp3) is 0.900. The van der Waals surface area contributed by atoms with Crippen LogP contribution in [0, 0.1) is 0 Å². The van der Waals surface area contributed by atoms with Crippen LogP contribution in [0.4, 0.5) is 0 Å². The van der Waals surface area contributed by atoms with Crippen molar-refractivity contribution in [2.24, 2.45) is 0 Å². The molecule has 3 aliphatic rings. The zero-order valence-electron chi connectivity index (χ0n) is 15.3. The largest absolute Gasteiger partial charge is 0.490 e. The lowest BCUT2D eigenvalue weighted by atomic mass is 10.1. The fourth-order valence-corrected chi connectivity index (χ4v) is 6.32. The number of hydrogen-bond donors (Lipinski definition) is 9. The van der Waals surface area contributed by atoms with Crippen molar-refractivity contribution in [1.82, 2.24) is 20.9 Å². The molecule has 9 N–H and O–H groups in total. The molecule has 4 unspecified atom stereocenters. The second-order valence-corrected chi connectivity index (χ2v) is 11.1. The van der Waals surface area contributed by atoms with Crippen LogP contribution in [0.15, 0.2) is 0 Å². The summed E-state index contributed by atoms with van der Waals surface area (Å²) in [6.07, 6.45) is -6.32. The number of carbonyl (C=O) groups is 1. The summed E-state index contributed by atoms with van der Waals surface area (Å²) < 4.78 is 50.8. The Bertz CT molecular complexity index is 839. The SMILES string of the molecule is O=C1NCNC2C1NCN2[C@@H]1O[C@H](COP(=O)(O)OP(=O)(O)OP(=O)(O)O)[C@@H](O)[C@H]1O. The van der Waals surface area contributed by atoms with E-state index < -0.39 is 66.8 Å². The van der Waals surface area contributed by atoms with E-state index in [1.165, 1.54) is 4.90 Å². The third kappa shape index (κ3) is 6.16. The molecule has 0 aromatic carbocycles. The molecular formula is C10H21N4O14P3. The Labute approximate surface area is 173 Å². The third-order valence-electron chi connectivity index (χ3n) is 4.51. The number of rotatable bonds is 8. The maximum atomic E-state index is 11.9. The zero-order chi connectivity index (χ0) is 23.2. The van der Waals surface area contributed by atoms with Crippen LogP contribution >= 0.6 is 23.5 Å². The van der Waals surface area contributed by atoms with Crippen molar-refractivity contribution < 1.29 is 66.2 Å². The Morgan fingerprint density at radius 2 is 1.71 bits per heavy atom. The number of carbonyl (C=O) groups excluding carboxylic acids is 1. The van der Waals surface area contributed by atoms with Crippen molar-refractivity contribution in [2.45, 2.75) is 36.7 Å². The van der Waals surface area contributed by atoms with Gasteiger partial charge in [0.05, 0.1) is 26.1 Å². The van der Waals surface area contributed by atoms with Crippen LogP contribution in [-0.4, -0.2) is 97.3 Å². The van der Waals surface area contributed by atoms with Crippen LogP contribution in [0.25, 0.3) is 0 Å². The molecule has 0 aromatic heterocycles. The molecule has 3 fully saturated rings. The van der Waals surface area contributed by atoms with E-state index in [2.05, 4.69) is 29.1 Å². The van der Waals surface area contributed by atoms with E-state index >= 15 is 0 Å². The number of phosphoric ester groups is 1. The molecule has 3 aliphatic heterocycles. The third-order valence-corrected chi connectivity index (χ3v) is 8.31. The molecule has 31 heavy (non-hydrogen) atoms. The summed E-state index contributed by atoms with van der Waals surface area (Å²) in [5, 5.41) is 28.9. The summed E-state index contributed by atoms with van der Waals surface area (Å²) in [5.74, 6) is -0.288. The van der Waals surface area contributed by atoms with Crippen molar-refractivity contribution in [3.05, 3.63) is 0 Å². The molecule has 1 amide bonds. The number of ether oxygens (including phenoxy) is 1. The lowest BCUT2D eigenvalue weighted by Crippen LogP contribution is -2.64. The monoisotopic (exact) mass is 514 g/mol. The van der Waals surface area contributed by atoms with Crippen molar-refractivity contribution >= 4 is 29.4 Å². The lowest BCUT2D eigenvalue weighted by Gasteiger charge is -2.35. The van der Waals surface area contributed by atoms with E-state index in [9.17, 15) is 33.6 Å². The highest BCUT2D eigenvalue weighted by Gasteiger charge is 2.52. The van der Waals surface area contributed by atoms with Gasteiger partial charge in [-0.2, -0.15) is 8.62 Å². The summed E-state index contributed by atoms with van der Waals surface area (Å²) in [7, 11) is -16.7. The number of amides is 1. The summed E-state index contributed by atoms with van der Waals surface area (Å²) >= 11 is 0. The lowest BCUT2D eigenvalue weighted by molar-refractivity contribution is -0.130. The van der Waals surface area contributed by atoms with Crippen LogP contribution in [0.5, 0.6) is 0 Å². The Hall–Kier alpha value is -0.360. The van der Waals surface area contributed by atoms with E-state index in [1.54, 1.807) is 0 Å². The molecule has 180 valence electrons. The number of aliphatic hydroxyl groups excluding tert-OH is 2. The van der Waals surface area contributed by atoms with Gasteiger partial charge >= 0.3 is 23.5 Å². The molecule has 0 bridgehead atoms. The topological polar surface area (TPSA) is 266 Å². The molecule has 3 heterocycles. The van der Waals surface area contributed by atoms with Gasteiger partial charge < -0.3 is 39.8 Å². The minimum atomic E-state index is -5.69. The van der Waals surface area contributed by atoms with Crippen molar-refractivity contribution in [3.8, 4) is 0 Å². The molecule has 0 radical (unpaired) electrons. The van der Waals surface area contributed by atoms with Crippen molar-refractivity contribution in [2.75, 3.05) is 19.9 Å². The zero-order valence-corrected chi connectivity index (χ0v) is 18.0. The summed E-state index contributed by atoms with van der Waals surface area (Å²) in [4.78, 5) is 49.0. The number of hydrogen-bond acceptors (Lipinski definition) is 13. The predicted octanol–water partition coefficient (Wildman–Crippen LogP) is -3.99. The highest BCUT2D eigenvalue weighted by atomic mass is 31.3. The van der Waals surface area contributed by atoms with Gasteiger partial charge in [-0.15, -0.1) is 0 Å². The molecule has 8 atom stereocenters. The van der Waals surface area contributed by atoms with Crippen LogP contribution < -0.4 is 16.0 Å². The number of phosphoric acid groups is 3. The van der Waals surface area contributed by atoms with Gasteiger partial charge in [-0.25, -0.2) is 18.6 Å². The van der Waals surface area contributed by atoms with Gasteiger partial charge in [0, 0.05) is 0 Å². The molecule has 0 saturated carbocycles. The van der Waals surface area contributed by atoms with E-state index in [0.29, 0.717) is 0 Å². The van der Waals surface area contributed by atoms with Crippen LogP contribution in [0.1, 0.15) is 0 Å². The Kier molecular flexibility index (Phi) is 7.43. The van der Waals surface area contributed by atoms with Crippen LogP contribution in [0.3, 0.4) is 0 Å². The maximum Gasteiger partial charge on any atom is 0.490 e. The molecule has 0 aromatic rings. The molecule has 0 aliphatic carbocycles. The number of nitrogens with one attached hydrogen (secondary N) is 3. The van der Waals surface area contributed by atoms with Crippen molar-refractivity contribution in [3.63, 3.8) is 0 Å². The first-order chi connectivity index (χ1) is 14.2. The minimum absolute atomic E-state index is 0.0901. The van der Waals surface area contributed by atoms with Crippen LogP contribution in [-0.2, 0) is 36.4 Å². The molecule has 3 rings (SSSR count).